The van der Waals surface area contributed by atoms with Gasteiger partial charge in [-0.1, -0.05) is 0 Å². The Bertz CT molecular complexity index is 884. The Labute approximate surface area is 142 Å². The summed E-state index contributed by atoms with van der Waals surface area (Å²) in [6.45, 7) is 2.12. The third kappa shape index (κ3) is 3.13. The van der Waals surface area contributed by atoms with E-state index in [0.29, 0.717) is 23.1 Å². The molecule has 0 aliphatic heterocycles. The fraction of sp³-hybridized carbons (Fsp3) is 0.250. The quantitative estimate of drug-likeness (QED) is 0.501. The molecule has 0 unspecified atom stereocenters. The minimum atomic E-state index is -0.332. The van der Waals surface area contributed by atoms with Crippen molar-refractivity contribution in [2.75, 3.05) is 25.6 Å². The van der Waals surface area contributed by atoms with Crippen LogP contribution in [0.1, 0.15) is 16.6 Å². The van der Waals surface area contributed by atoms with E-state index in [9.17, 15) is 4.79 Å². The Morgan fingerprint density at radius 1 is 1.38 bits per heavy atom. The van der Waals surface area contributed by atoms with Crippen molar-refractivity contribution in [2.45, 2.75) is 6.92 Å². The number of aromatic nitrogens is 1. The van der Waals surface area contributed by atoms with Crippen molar-refractivity contribution < 1.29 is 13.9 Å². The second kappa shape index (κ2) is 6.79. The Morgan fingerprint density at radius 2 is 2.21 bits per heavy atom. The van der Waals surface area contributed by atoms with Crippen molar-refractivity contribution in [3.8, 4) is 0 Å². The van der Waals surface area contributed by atoms with Gasteiger partial charge in [-0.3, -0.25) is 0 Å². The Balaban J connectivity index is 2.09. The van der Waals surface area contributed by atoms with Crippen LogP contribution in [-0.2, 0) is 4.74 Å². The number of nitrogens with zero attached hydrogens (tertiary/aromatic N) is 4. The molecule has 0 radical (unpaired) electrons. The predicted molar refractivity (Wildman–Crippen MR) is 92.8 cm³/mol. The maximum Gasteiger partial charge on any atom is 0.348 e. The average Bonchev–Trinajstić information content (AvgIpc) is 3.22. The van der Waals surface area contributed by atoms with Gasteiger partial charge in [0, 0.05) is 25.2 Å². The molecule has 0 aliphatic carbocycles. The lowest BCUT2D eigenvalue weighted by atomic mass is 10.2. The van der Waals surface area contributed by atoms with Crippen molar-refractivity contribution in [2.24, 2.45) is 10.2 Å². The van der Waals surface area contributed by atoms with Crippen molar-refractivity contribution >= 4 is 44.7 Å². The van der Waals surface area contributed by atoms with Crippen LogP contribution in [0, 0.1) is 0 Å². The van der Waals surface area contributed by atoms with Gasteiger partial charge >= 0.3 is 5.97 Å². The van der Waals surface area contributed by atoms with E-state index >= 15 is 0 Å². The van der Waals surface area contributed by atoms with E-state index in [2.05, 4.69) is 15.2 Å². The zero-order chi connectivity index (χ0) is 17.1. The molecule has 0 N–H and O–H groups in total. The smallest absolute Gasteiger partial charge is 0.348 e. The number of thiophene rings is 1. The highest BCUT2D eigenvalue weighted by molar-refractivity contribution is 7.21. The molecule has 0 saturated heterocycles. The van der Waals surface area contributed by atoms with E-state index in [4.69, 9.17) is 9.15 Å². The second-order valence-corrected chi connectivity index (χ2v) is 6.16. The summed E-state index contributed by atoms with van der Waals surface area (Å²) in [5, 5.41) is 9.18. The zero-order valence-corrected chi connectivity index (χ0v) is 14.3. The Morgan fingerprint density at radius 3 is 2.88 bits per heavy atom. The van der Waals surface area contributed by atoms with Crippen LogP contribution < -0.4 is 4.90 Å². The summed E-state index contributed by atoms with van der Waals surface area (Å²) >= 11 is 1.34. The molecule has 0 amide bonds. The van der Waals surface area contributed by atoms with Gasteiger partial charge in [0.2, 0.25) is 0 Å². The fourth-order valence-electron chi connectivity index (χ4n) is 2.23. The van der Waals surface area contributed by atoms with Crippen LogP contribution in [0.5, 0.6) is 0 Å². The minimum Gasteiger partial charge on any atom is -0.462 e. The number of hydrogen-bond acceptors (Lipinski definition) is 8. The number of azo groups is 1. The van der Waals surface area contributed by atoms with Gasteiger partial charge in [0.25, 0.3) is 5.88 Å². The van der Waals surface area contributed by atoms with Gasteiger partial charge in [-0.25, -0.2) is 9.78 Å². The Kier molecular flexibility index (Phi) is 4.57. The molecule has 0 bridgehead atoms. The normalized spacial score (nSPS) is 11.3. The van der Waals surface area contributed by atoms with Crippen LogP contribution in [0.25, 0.3) is 10.1 Å². The van der Waals surface area contributed by atoms with E-state index in [1.165, 1.54) is 23.9 Å². The van der Waals surface area contributed by atoms with E-state index in [-0.39, 0.29) is 5.97 Å². The van der Waals surface area contributed by atoms with Gasteiger partial charge < -0.3 is 14.1 Å². The highest BCUT2D eigenvalue weighted by Gasteiger charge is 2.17. The van der Waals surface area contributed by atoms with Gasteiger partial charge in [-0.15, -0.1) is 21.6 Å². The number of hydrogen-bond donors (Lipinski definition) is 0. The molecule has 3 aromatic rings. The van der Waals surface area contributed by atoms with Crippen molar-refractivity contribution in [3.05, 3.63) is 35.7 Å². The first-order chi connectivity index (χ1) is 11.6. The summed E-state index contributed by atoms with van der Waals surface area (Å²) < 4.78 is 11.0. The van der Waals surface area contributed by atoms with Crippen molar-refractivity contribution in [1.82, 2.24) is 4.98 Å². The molecular weight excluding hydrogens is 328 g/mol. The molecule has 0 fully saturated rings. The van der Waals surface area contributed by atoms with E-state index in [1.807, 2.05) is 37.2 Å². The van der Waals surface area contributed by atoms with Gasteiger partial charge in [-0.2, -0.15) is 0 Å². The standard InChI is InChI=1S/C16H16N4O3S/c1-4-22-16(21)13-7-10-12(20(2)3)6-5-11(15(10)24-13)18-19-14-8-17-9-23-14/h5-9H,4H2,1-3H3/b19-18+. The third-order valence-corrected chi connectivity index (χ3v) is 4.41. The molecule has 8 heteroatoms. The molecule has 0 atom stereocenters. The second-order valence-electron chi connectivity index (χ2n) is 5.11. The number of rotatable bonds is 5. The maximum absolute atomic E-state index is 12.0. The molecule has 1 aromatic carbocycles. The van der Waals surface area contributed by atoms with Crippen LogP contribution in [0.4, 0.5) is 17.3 Å². The van der Waals surface area contributed by atoms with Crippen molar-refractivity contribution in [3.63, 3.8) is 0 Å². The zero-order valence-electron chi connectivity index (χ0n) is 13.5. The van der Waals surface area contributed by atoms with Gasteiger partial charge in [0.05, 0.1) is 17.5 Å². The summed E-state index contributed by atoms with van der Waals surface area (Å²) in [5.41, 5.74) is 1.66. The SMILES string of the molecule is CCOC(=O)c1cc2c(N(C)C)ccc(/N=N/c3cnco3)c2s1. The molecule has 7 nitrogen and oxygen atoms in total. The number of benzene rings is 1. The van der Waals surface area contributed by atoms with Crippen LogP contribution in [0.15, 0.2) is 45.4 Å². The molecular formula is C16H16N4O3S. The molecule has 0 aliphatic rings. The fourth-order valence-corrected chi connectivity index (χ4v) is 3.25. The number of esters is 1. The summed E-state index contributed by atoms with van der Waals surface area (Å²) in [6, 6.07) is 5.64. The van der Waals surface area contributed by atoms with E-state index in [1.54, 1.807) is 6.92 Å². The monoisotopic (exact) mass is 344 g/mol. The number of oxazole rings is 1. The first-order valence-electron chi connectivity index (χ1n) is 7.31. The van der Waals surface area contributed by atoms with Crippen LogP contribution in [0.3, 0.4) is 0 Å². The number of ether oxygens (including phenoxy) is 1. The summed E-state index contributed by atoms with van der Waals surface area (Å²) in [5.74, 6) is -0.0106. The summed E-state index contributed by atoms with van der Waals surface area (Å²) in [7, 11) is 3.90. The molecule has 0 saturated carbocycles. The van der Waals surface area contributed by atoms with Gasteiger partial charge in [-0.05, 0) is 25.1 Å². The highest BCUT2D eigenvalue weighted by atomic mass is 32.1. The molecule has 24 heavy (non-hydrogen) atoms. The molecule has 3 rings (SSSR count). The largest absolute Gasteiger partial charge is 0.462 e. The molecule has 2 aromatic heterocycles. The summed E-state index contributed by atoms with van der Waals surface area (Å²) in [4.78, 5) is 18.4. The highest BCUT2D eigenvalue weighted by Crippen LogP contribution is 2.40. The van der Waals surface area contributed by atoms with E-state index in [0.717, 1.165) is 15.8 Å². The summed E-state index contributed by atoms with van der Waals surface area (Å²) in [6.07, 6.45) is 2.77. The lowest BCUT2D eigenvalue weighted by Crippen LogP contribution is -2.08. The number of carbonyl (C=O) groups is 1. The number of anilines is 1. The molecule has 0 spiro atoms. The van der Waals surface area contributed by atoms with Gasteiger partial charge in [0.15, 0.2) is 6.39 Å². The van der Waals surface area contributed by atoms with Crippen LogP contribution >= 0.6 is 11.3 Å². The maximum atomic E-state index is 12.0. The predicted octanol–water partition coefficient (Wildman–Crippen LogP) is 4.55. The third-order valence-electron chi connectivity index (χ3n) is 3.27. The van der Waals surface area contributed by atoms with Crippen LogP contribution in [0.2, 0.25) is 0 Å². The molecule has 124 valence electrons. The first kappa shape index (κ1) is 16.1. The van der Waals surface area contributed by atoms with Crippen LogP contribution in [-0.4, -0.2) is 31.7 Å². The lowest BCUT2D eigenvalue weighted by molar-refractivity contribution is 0.0532. The molecule has 2 heterocycles. The Hall–Kier alpha value is -2.74. The average molecular weight is 344 g/mol. The number of fused-ring (bicyclic) bond motifs is 1. The number of carbonyl (C=O) groups excluding carboxylic acids is 1. The minimum absolute atomic E-state index is 0.321. The topological polar surface area (TPSA) is 80.3 Å². The lowest BCUT2D eigenvalue weighted by Gasteiger charge is -2.14. The van der Waals surface area contributed by atoms with Crippen molar-refractivity contribution in [1.29, 1.82) is 0 Å². The first-order valence-corrected chi connectivity index (χ1v) is 8.13. The van der Waals surface area contributed by atoms with E-state index < -0.39 is 0 Å². The van der Waals surface area contributed by atoms with Gasteiger partial charge in [0.1, 0.15) is 10.6 Å².